The molecule has 1 aromatic carbocycles. The summed E-state index contributed by atoms with van der Waals surface area (Å²) in [6.45, 7) is 2.12. The Kier molecular flexibility index (Phi) is 5.33. The molecule has 1 aromatic rings. The topological polar surface area (TPSA) is 64.3 Å². The number of halogens is 1. The van der Waals surface area contributed by atoms with E-state index in [1.807, 2.05) is 11.8 Å². The molecule has 21 heavy (non-hydrogen) atoms. The number of nitrogens with one attached hydrogen (secondary N) is 1. The predicted octanol–water partition coefficient (Wildman–Crippen LogP) is 3.28. The molecule has 0 spiro atoms. The summed E-state index contributed by atoms with van der Waals surface area (Å²) in [5.41, 5.74) is 6.28. The van der Waals surface area contributed by atoms with Crippen molar-refractivity contribution < 1.29 is 13.9 Å². The Balaban J connectivity index is 2.21. The zero-order valence-corrected chi connectivity index (χ0v) is 13.1. The van der Waals surface area contributed by atoms with Crippen LogP contribution in [0.25, 0.3) is 0 Å². The summed E-state index contributed by atoms with van der Waals surface area (Å²) >= 11 is 1.89. The number of methoxy groups -OCH3 is 1. The molecule has 1 aliphatic rings. The monoisotopic (exact) mass is 312 g/mol. The normalized spacial score (nSPS) is 21.3. The van der Waals surface area contributed by atoms with Crippen LogP contribution in [0.3, 0.4) is 0 Å². The van der Waals surface area contributed by atoms with Gasteiger partial charge >= 0.3 is 5.97 Å². The number of hydrogen-bond donors (Lipinski definition) is 2. The van der Waals surface area contributed by atoms with Crippen LogP contribution in [0.4, 0.5) is 15.8 Å². The molecule has 1 saturated carbocycles. The molecule has 3 N–H and O–H groups in total. The van der Waals surface area contributed by atoms with Crippen LogP contribution in [0, 0.1) is 5.82 Å². The maximum absolute atomic E-state index is 14.1. The van der Waals surface area contributed by atoms with E-state index in [0.717, 1.165) is 25.0 Å². The lowest BCUT2D eigenvalue weighted by Gasteiger charge is -2.22. The zero-order chi connectivity index (χ0) is 15.4. The quantitative estimate of drug-likeness (QED) is 0.645. The lowest BCUT2D eigenvalue weighted by molar-refractivity contribution is 0.0602. The number of nitrogen functional groups attached to an aromatic ring is 1. The van der Waals surface area contributed by atoms with Gasteiger partial charge in [-0.15, -0.1) is 0 Å². The number of nitrogens with two attached hydrogens (primary N) is 1. The van der Waals surface area contributed by atoms with Crippen molar-refractivity contribution in [2.45, 2.75) is 37.5 Å². The van der Waals surface area contributed by atoms with E-state index in [1.165, 1.54) is 19.2 Å². The van der Waals surface area contributed by atoms with Crippen molar-refractivity contribution in [2.75, 3.05) is 23.9 Å². The molecule has 116 valence electrons. The van der Waals surface area contributed by atoms with E-state index in [4.69, 9.17) is 5.73 Å². The Bertz CT molecular complexity index is 525. The van der Waals surface area contributed by atoms with Gasteiger partial charge < -0.3 is 15.8 Å². The first-order valence-corrected chi connectivity index (χ1v) is 8.17. The molecule has 0 aliphatic heterocycles. The largest absolute Gasteiger partial charge is 0.465 e. The Morgan fingerprint density at radius 2 is 2.29 bits per heavy atom. The van der Waals surface area contributed by atoms with E-state index < -0.39 is 11.8 Å². The van der Waals surface area contributed by atoms with Gasteiger partial charge in [0.25, 0.3) is 0 Å². The van der Waals surface area contributed by atoms with Gasteiger partial charge in [0.15, 0.2) is 0 Å². The zero-order valence-electron chi connectivity index (χ0n) is 12.3. The Labute approximate surface area is 128 Å². The molecule has 0 amide bonds. The smallest absolute Gasteiger partial charge is 0.340 e. The minimum absolute atomic E-state index is 0.0933. The molecule has 2 unspecified atom stereocenters. The van der Waals surface area contributed by atoms with Gasteiger partial charge in [-0.25, -0.2) is 9.18 Å². The number of thioether (sulfide) groups is 1. The molecule has 0 heterocycles. The highest BCUT2D eigenvalue weighted by Crippen LogP contribution is 2.33. The predicted molar refractivity (Wildman–Crippen MR) is 85.3 cm³/mol. The van der Waals surface area contributed by atoms with Crippen LogP contribution in [-0.2, 0) is 4.74 Å². The fourth-order valence-electron chi connectivity index (χ4n) is 2.69. The van der Waals surface area contributed by atoms with Gasteiger partial charge in [-0.05, 0) is 30.7 Å². The average Bonchev–Trinajstić information content (AvgIpc) is 2.88. The van der Waals surface area contributed by atoms with Gasteiger partial charge in [0.1, 0.15) is 5.82 Å². The third-order valence-corrected chi connectivity index (χ3v) is 5.04. The SMILES string of the molecule is CCSC1CCCC1Nc1cc(C(=O)OC)c(N)cc1F. The van der Waals surface area contributed by atoms with Crippen LogP contribution >= 0.6 is 11.8 Å². The lowest BCUT2D eigenvalue weighted by Crippen LogP contribution is -2.27. The highest BCUT2D eigenvalue weighted by molar-refractivity contribution is 7.99. The van der Waals surface area contributed by atoms with Crippen LogP contribution in [0.2, 0.25) is 0 Å². The summed E-state index contributed by atoms with van der Waals surface area (Å²) in [7, 11) is 1.28. The molecule has 6 heteroatoms. The van der Waals surface area contributed by atoms with E-state index in [2.05, 4.69) is 17.0 Å². The van der Waals surface area contributed by atoms with Crippen LogP contribution < -0.4 is 11.1 Å². The summed E-state index contributed by atoms with van der Waals surface area (Å²) in [5, 5.41) is 3.71. The fraction of sp³-hybridized carbons (Fsp3) is 0.533. The summed E-state index contributed by atoms with van der Waals surface area (Å²) in [6.07, 6.45) is 3.28. The van der Waals surface area contributed by atoms with Gasteiger partial charge in [-0.1, -0.05) is 13.3 Å². The third-order valence-electron chi connectivity index (χ3n) is 3.72. The first kappa shape index (κ1) is 15.9. The van der Waals surface area contributed by atoms with Gasteiger partial charge in [0, 0.05) is 17.0 Å². The Morgan fingerprint density at radius 1 is 1.52 bits per heavy atom. The maximum atomic E-state index is 14.1. The molecule has 0 radical (unpaired) electrons. The molecule has 2 atom stereocenters. The molecule has 0 saturated heterocycles. The van der Waals surface area contributed by atoms with E-state index in [1.54, 1.807) is 0 Å². The summed E-state index contributed by atoms with van der Waals surface area (Å²) in [4.78, 5) is 11.6. The second-order valence-corrected chi connectivity index (χ2v) is 6.60. The number of esters is 1. The second kappa shape index (κ2) is 7.02. The molecular weight excluding hydrogens is 291 g/mol. The van der Waals surface area contributed by atoms with Crippen molar-refractivity contribution in [1.82, 2.24) is 0 Å². The summed E-state index contributed by atoms with van der Waals surface area (Å²) in [5.74, 6) is 0.0502. The highest BCUT2D eigenvalue weighted by atomic mass is 32.2. The average molecular weight is 312 g/mol. The highest BCUT2D eigenvalue weighted by Gasteiger charge is 2.28. The number of carbonyl (C=O) groups is 1. The molecule has 1 fully saturated rings. The lowest BCUT2D eigenvalue weighted by atomic mass is 10.1. The minimum Gasteiger partial charge on any atom is -0.465 e. The van der Waals surface area contributed by atoms with Gasteiger partial charge in [0.2, 0.25) is 0 Å². The second-order valence-electron chi connectivity index (χ2n) is 5.09. The fourth-order valence-corrected chi connectivity index (χ4v) is 3.89. The van der Waals surface area contributed by atoms with E-state index in [0.29, 0.717) is 10.9 Å². The first-order chi connectivity index (χ1) is 10.1. The van der Waals surface area contributed by atoms with Crippen molar-refractivity contribution in [3.8, 4) is 0 Å². The van der Waals surface area contributed by atoms with Crippen LogP contribution in [0.5, 0.6) is 0 Å². The molecule has 1 aliphatic carbocycles. The molecule has 4 nitrogen and oxygen atoms in total. The first-order valence-electron chi connectivity index (χ1n) is 7.12. The summed E-state index contributed by atoms with van der Waals surface area (Å²) in [6, 6.07) is 2.84. The van der Waals surface area contributed by atoms with Crippen molar-refractivity contribution in [2.24, 2.45) is 0 Å². The maximum Gasteiger partial charge on any atom is 0.340 e. The standard InChI is InChI=1S/C15H21FN2O2S/c1-3-21-14-6-4-5-12(14)18-13-7-9(15(19)20-2)11(17)8-10(13)16/h7-8,12,14,18H,3-6,17H2,1-2H3. The number of benzene rings is 1. The third kappa shape index (κ3) is 3.61. The van der Waals surface area contributed by atoms with E-state index >= 15 is 0 Å². The molecule has 2 rings (SSSR count). The van der Waals surface area contributed by atoms with Crippen molar-refractivity contribution >= 4 is 29.1 Å². The molecular formula is C15H21FN2O2S. The van der Waals surface area contributed by atoms with Gasteiger partial charge in [0.05, 0.1) is 18.4 Å². The molecule has 0 bridgehead atoms. The number of ether oxygens (including phenoxy) is 1. The number of hydrogen-bond acceptors (Lipinski definition) is 5. The Morgan fingerprint density at radius 3 is 2.95 bits per heavy atom. The van der Waals surface area contributed by atoms with E-state index in [9.17, 15) is 9.18 Å². The molecule has 0 aromatic heterocycles. The van der Waals surface area contributed by atoms with Crippen molar-refractivity contribution in [3.63, 3.8) is 0 Å². The van der Waals surface area contributed by atoms with Crippen molar-refractivity contribution in [1.29, 1.82) is 0 Å². The Hall–Kier alpha value is -1.43. The van der Waals surface area contributed by atoms with Crippen LogP contribution in [0.1, 0.15) is 36.5 Å². The summed E-state index contributed by atoms with van der Waals surface area (Å²) < 4.78 is 18.7. The number of carbonyl (C=O) groups excluding carboxylic acids is 1. The van der Waals surface area contributed by atoms with Gasteiger partial charge in [-0.3, -0.25) is 0 Å². The van der Waals surface area contributed by atoms with Crippen LogP contribution in [-0.4, -0.2) is 30.1 Å². The number of rotatable bonds is 5. The van der Waals surface area contributed by atoms with Crippen LogP contribution in [0.15, 0.2) is 12.1 Å². The van der Waals surface area contributed by atoms with Gasteiger partial charge in [-0.2, -0.15) is 11.8 Å². The van der Waals surface area contributed by atoms with E-state index in [-0.39, 0.29) is 17.3 Å². The number of anilines is 2. The van der Waals surface area contributed by atoms with Crippen molar-refractivity contribution in [3.05, 3.63) is 23.5 Å². The minimum atomic E-state index is -0.554.